The second kappa shape index (κ2) is 5.48. The van der Waals surface area contributed by atoms with Gasteiger partial charge in [-0.3, -0.25) is 14.2 Å². The molecule has 0 spiro atoms. The van der Waals surface area contributed by atoms with Crippen molar-refractivity contribution in [2.45, 2.75) is 11.4 Å². The van der Waals surface area contributed by atoms with Crippen molar-refractivity contribution in [2.75, 3.05) is 4.72 Å². The van der Waals surface area contributed by atoms with E-state index in [1.54, 1.807) is 0 Å². The van der Waals surface area contributed by atoms with Crippen LogP contribution in [-0.4, -0.2) is 29.3 Å². The molecule has 0 unspecified atom stereocenters. The van der Waals surface area contributed by atoms with E-state index in [0.717, 1.165) is 29.2 Å². The van der Waals surface area contributed by atoms with Crippen LogP contribution in [0.5, 0.6) is 0 Å². The highest BCUT2D eigenvalue weighted by atomic mass is 32.2. The highest BCUT2D eigenvalue weighted by molar-refractivity contribution is 7.92. The molecule has 112 valence electrons. The van der Waals surface area contributed by atoms with Crippen LogP contribution >= 0.6 is 0 Å². The number of carbonyl (C=O) groups is 1. The van der Waals surface area contributed by atoms with Crippen LogP contribution in [0.15, 0.2) is 35.5 Å². The van der Waals surface area contributed by atoms with Gasteiger partial charge in [-0.15, -0.1) is 0 Å². The summed E-state index contributed by atoms with van der Waals surface area (Å²) in [5, 5.41) is 12.1. The first kappa shape index (κ1) is 14.9. The molecule has 1 aromatic heterocycles. The lowest BCUT2D eigenvalue weighted by Gasteiger charge is -2.06. The number of carboxylic acid groups (broad SMARTS) is 1. The molecule has 1 aromatic carbocycles. The van der Waals surface area contributed by atoms with Gasteiger partial charge in [-0.05, 0) is 12.1 Å². The first-order valence-electron chi connectivity index (χ1n) is 5.49. The van der Waals surface area contributed by atoms with Crippen molar-refractivity contribution < 1.29 is 27.1 Å². The van der Waals surface area contributed by atoms with E-state index < -0.39 is 34.2 Å². The zero-order chi connectivity index (χ0) is 15.6. The fourth-order valence-electron chi connectivity index (χ4n) is 1.54. The molecular formula is C11H9F2N3O4S. The summed E-state index contributed by atoms with van der Waals surface area (Å²) in [6, 6.07) is 2.22. The van der Waals surface area contributed by atoms with Crippen molar-refractivity contribution in [3.8, 4) is 0 Å². The molecule has 0 aliphatic rings. The van der Waals surface area contributed by atoms with Gasteiger partial charge in [-0.25, -0.2) is 17.2 Å². The molecule has 2 N–H and O–H groups in total. The minimum absolute atomic E-state index is 0.293. The maximum atomic E-state index is 13.0. The summed E-state index contributed by atoms with van der Waals surface area (Å²) in [6.07, 6.45) is 1.92. The summed E-state index contributed by atoms with van der Waals surface area (Å²) in [7, 11) is -4.12. The second-order valence-electron chi connectivity index (χ2n) is 4.03. The highest BCUT2D eigenvalue weighted by Gasteiger charge is 2.18. The van der Waals surface area contributed by atoms with E-state index in [-0.39, 0.29) is 10.6 Å². The number of hydrogen-bond acceptors (Lipinski definition) is 4. The van der Waals surface area contributed by atoms with Crippen molar-refractivity contribution in [3.05, 3.63) is 42.2 Å². The van der Waals surface area contributed by atoms with Gasteiger partial charge in [0.05, 0.1) is 11.9 Å². The number of benzene rings is 1. The molecule has 0 saturated heterocycles. The van der Waals surface area contributed by atoms with Crippen LogP contribution in [0.1, 0.15) is 0 Å². The van der Waals surface area contributed by atoms with Crippen LogP contribution in [0.4, 0.5) is 14.5 Å². The van der Waals surface area contributed by atoms with E-state index in [4.69, 9.17) is 5.11 Å². The number of anilines is 1. The second-order valence-corrected chi connectivity index (χ2v) is 5.71. The smallest absolute Gasteiger partial charge is 0.325 e. The summed E-state index contributed by atoms with van der Waals surface area (Å²) in [6.45, 7) is -0.510. The molecule has 7 nitrogen and oxygen atoms in total. The van der Waals surface area contributed by atoms with Crippen LogP contribution in [0.2, 0.25) is 0 Å². The Bertz CT molecular complexity index is 768. The number of carboxylic acids is 1. The molecule has 0 aliphatic carbocycles. The summed E-state index contributed by atoms with van der Waals surface area (Å²) >= 11 is 0. The number of nitrogens with one attached hydrogen (secondary N) is 1. The van der Waals surface area contributed by atoms with Crippen LogP contribution in [0.25, 0.3) is 0 Å². The van der Waals surface area contributed by atoms with Gasteiger partial charge in [-0.2, -0.15) is 5.10 Å². The Labute approximate surface area is 117 Å². The average molecular weight is 317 g/mol. The van der Waals surface area contributed by atoms with Gasteiger partial charge in [-0.1, -0.05) is 0 Å². The molecule has 0 fully saturated rings. The molecule has 0 aliphatic heterocycles. The van der Waals surface area contributed by atoms with Crippen molar-refractivity contribution in [2.24, 2.45) is 0 Å². The summed E-state index contributed by atoms with van der Waals surface area (Å²) in [5.74, 6) is -3.06. The van der Waals surface area contributed by atoms with Crippen LogP contribution < -0.4 is 4.72 Å². The Morgan fingerprint density at radius 2 is 1.90 bits per heavy atom. The summed E-state index contributed by atoms with van der Waals surface area (Å²) in [4.78, 5) is 10.2. The standard InChI is InChI=1S/C11H9F2N3O4S/c12-7-1-8(13)3-9(2-7)15-21(19,20)10-4-14-16(5-10)6-11(17)18/h1-5,15H,6H2,(H,17,18). The van der Waals surface area contributed by atoms with Crippen LogP contribution in [0, 0.1) is 11.6 Å². The van der Waals surface area contributed by atoms with Crippen LogP contribution in [0.3, 0.4) is 0 Å². The highest BCUT2D eigenvalue weighted by Crippen LogP contribution is 2.18. The maximum Gasteiger partial charge on any atom is 0.325 e. The van der Waals surface area contributed by atoms with Crippen molar-refractivity contribution >= 4 is 21.7 Å². The molecular weight excluding hydrogens is 308 g/mol. The lowest BCUT2D eigenvalue weighted by atomic mass is 10.3. The molecule has 1 heterocycles. The lowest BCUT2D eigenvalue weighted by Crippen LogP contribution is -2.13. The van der Waals surface area contributed by atoms with Gasteiger partial charge in [0.1, 0.15) is 23.1 Å². The predicted octanol–water partition coefficient (Wildman–Crippen LogP) is 1.05. The van der Waals surface area contributed by atoms with E-state index in [0.29, 0.717) is 6.07 Å². The number of hydrogen-bond donors (Lipinski definition) is 2. The molecule has 0 amide bonds. The van der Waals surface area contributed by atoms with Crippen LogP contribution in [-0.2, 0) is 21.4 Å². The van der Waals surface area contributed by atoms with E-state index in [1.165, 1.54) is 0 Å². The Kier molecular flexibility index (Phi) is 3.89. The minimum atomic E-state index is -4.12. The molecule has 0 saturated carbocycles. The largest absolute Gasteiger partial charge is 0.480 e. The minimum Gasteiger partial charge on any atom is -0.480 e. The lowest BCUT2D eigenvalue weighted by molar-refractivity contribution is -0.137. The van der Waals surface area contributed by atoms with Gasteiger partial charge in [0.25, 0.3) is 10.0 Å². The fraction of sp³-hybridized carbons (Fsp3) is 0.0909. The number of rotatable bonds is 5. The zero-order valence-electron chi connectivity index (χ0n) is 10.3. The monoisotopic (exact) mass is 317 g/mol. The topological polar surface area (TPSA) is 101 Å². The molecule has 10 heteroatoms. The number of halogens is 2. The van der Waals surface area contributed by atoms with E-state index in [9.17, 15) is 22.0 Å². The molecule has 2 rings (SSSR count). The summed E-state index contributed by atoms with van der Waals surface area (Å²) < 4.78 is 52.8. The van der Waals surface area contributed by atoms with Gasteiger partial charge < -0.3 is 5.11 Å². The summed E-state index contributed by atoms with van der Waals surface area (Å²) in [5.41, 5.74) is -0.293. The van der Waals surface area contributed by atoms with E-state index in [1.807, 2.05) is 4.72 Å². The Hall–Kier alpha value is -2.49. The maximum absolute atomic E-state index is 13.0. The van der Waals surface area contributed by atoms with Gasteiger partial charge in [0.15, 0.2) is 0 Å². The van der Waals surface area contributed by atoms with Gasteiger partial charge in [0.2, 0.25) is 0 Å². The van der Waals surface area contributed by atoms with E-state index in [2.05, 4.69) is 5.10 Å². The van der Waals surface area contributed by atoms with Crippen molar-refractivity contribution in [3.63, 3.8) is 0 Å². The van der Waals surface area contributed by atoms with Gasteiger partial charge in [0, 0.05) is 12.3 Å². The number of aliphatic carboxylic acids is 1. The Morgan fingerprint density at radius 1 is 1.29 bits per heavy atom. The Balaban J connectivity index is 2.25. The molecule has 21 heavy (non-hydrogen) atoms. The Morgan fingerprint density at radius 3 is 2.48 bits per heavy atom. The molecule has 0 bridgehead atoms. The quantitative estimate of drug-likeness (QED) is 0.858. The van der Waals surface area contributed by atoms with Gasteiger partial charge >= 0.3 is 5.97 Å². The molecule has 2 aromatic rings. The third-order valence-corrected chi connectivity index (χ3v) is 3.67. The average Bonchev–Trinajstić information content (AvgIpc) is 2.74. The predicted molar refractivity (Wildman–Crippen MR) is 67.0 cm³/mol. The number of sulfonamides is 1. The first-order valence-corrected chi connectivity index (χ1v) is 6.98. The SMILES string of the molecule is O=C(O)Cn1cc(S(=O)(=O)Nc2cc(F)cc(F)c2)cn1. The fourth-order valence-corrected chi connectivity index (χ4v) is 2.53. The first-order chi connectivity index (χ1) is 9.76. The third kappa shape index (κ3) is 3.75. The van der Waals surface area contributed by atoms with E-state index >= 15 is 0 Å². The molecule has 0 atom stereocenters. The zero-order valence-corrected chi connectivity index (χ0v) is 11.1. The van der Waals surface area contributed by atoms with Crippen molar-refractivity contribution in [1.82, 2.24) is 9.78 Å². The van der Waals surface area contributed by atoms with Crippen molar-refractivity contribution in [1.29, 1.82) is 0 Å². The molecule has 0 radical (unpaired) electrons. The number of aromatic nitrogens is 2. The third-order valence-electron chi connectivity index (χ3n) is 2.33. The number of nitrogens with zero attached hydrogens (tertiary/aromatic N) is 2. The normalized spacial score (nSPS) is 11.3.